The molecule has 0 aliphatic heterocycles. The van der Waals surface area contributed by atoms with Gasteiger partial charge in [-0.05, 0) is 99.8 Å². The Morgan fingerprint density at radius 2 is 1.47 bits per heavy atom. The number of hydrogen-bond acceptors (Lipinski definition) is 4. The topological polar surface area (TPSA) is 81.3 Å². The standard InChI is InChI=1S/C43H42N4/c1-4-33(29-45)39(30-46)15-8-12-32-18-20-34(21-19-32)41-25-23-38-28-37(36-14-9-13-35(27-36)31(2)11-10-26-44)22-24-42(38)43(41)47(3)40-16-6-5-7-17-40/h4-11,13-30H,1,12,44-46H2,2-3H3/b15-8-,26-10-,31-11+,33-29+,39-30+. The summed E-state index contributed by atoms with van der Waals surface area (Å²) in [7, 11) is 2.14. The van der Waals surface area contributed by atoms with Crippen molar-refractivity contribution in [2.45, 2.75) is 13.3 Å². The fourth-order valence-corrected chi connectivity index (χ4v) is 5.78. The van der Waals surface area contributed by atoms with E-state index in [1.54, 1.807) is 18.5 Å². The van der Waals surface area contributed by atoms with Crippen molar-refractivity contribution in [3.63, 3.8) is 0 Å². The highest BCUT2D eigenvalue weighted by atomic mass is 15.1. The smallest absolute Gasteiger partial charge is 0.0567 e. The van der Waals surface area contributed by atoms with E-state index in [0.29, 0.717) is 0 Å². The Labute approximate surface area is 278 Å². The van der Waals surface area contributed by atoms with Crippen molar-refractivity contribution in [3.05, 3.63) is 187 Å². The molecule has 0 bridgehead atoms. The Kier molecular flexibility index (Phi) is 10.6. The molecule has 0 spiro atoms. The molecule has 5 aromatic rings. The second-order valence-electron chi connectivity index (χ2n) is 11.4. The van der Waals surface area contributed by atoms with Crippen LogP contribution in [0.3, 0.4) is 0 Å². The zero-order valence-electron chi connectivity index (χ0n) is 27.1. The molecule has 4 heteroatoms. The predicted octanol–water partition coefficient (Wildman–Crippen LogP) is 9.79. The molecule has 0 atom stereocenters. The first-order chi connectivity index (χ1) is 23.0. The number of anilines is 2. The Morgan fingerprint density at radius 1 is 0.745 bits per heavy atom. The van der Waals surface area contributed by atoms with E-state index >= 15 is 0 Å². The molecule has 47 heavy (non-hydrogen) atoms. The van der Waals surface area contributed by atoms with E-state index in [2.05, 4.69) is 141 Å². The molecule has 0 unspecified atom stereocenters. The minimum absolute atomic E-state index is 0.768. The summed E-state index contributed by atoms with van der Waals surface area (Å²) in [6.07, 6.45) is 15.0. The number of fused-ring (bicyclic) bond motifs is 1. The number of nitrogens with zero attached hydrogens (tertiary/aromatic N) is 1. The number of rotatable bonds is 11. The molecule has 0 amide bonds. The van der Waals surface area contributed by atoms with Gasteiger partial charge in [-0.15, -0.1) is 0 Å². The van der Waals surface area contributed by atoms with E-state index in [1.807, 2.05) is 18.2 Å². The van der Waals surface area contributed by atoms with Gasteiger partial charge in [-0.2, -0.15) is 0 Å². The molecule has 0 saturated carbocycles. The van der Waals surface area contributed by atoms with Crippen molar-refractivity contribution in [2.75, 3.05) is 11.9 Å². The van der Waals surface area contributed by atoms with E-state index in [0.717, 1.165) is 40.1 Å². The van der Waals surface area contributed by atoms with Crippen LogP contribution < -0.4 is 22.1 Å². The molecular weight excluding hydrogens is 573 g/mol. The van der Waals surface area contributed by atoms with Gasteiger partial charge in [0.25, 0.3) is 0 Å². The fraction of sp³-hybridized carbons (Fsp3) is 0.0698. The van der Waals surface area contributed by atoms with Crippen LogP contribution >= 0.6 is 0 Å². The van der Waals surface area contributed by atoms with Gasteiger partial charge >= 0.3 is 0 Å². The summed E-state index contributed by atoms with van der Waals surface area (Å²) in [5, 5.41) is 2.38. The van der Waals surface area contributed by atoms with Gasteiger partial charge in [0.1, 0.15) is 0 Å². The summed E-state index contributed by atoms with van der Waals surface area (Å²) in [4.78, 5) is 2.29. The first-order valence-corrected chi connectivity index (χ1v) is 15.7. The van der Waals surface area contributed by atoms with Gasteiger partial charge in [0.2, 0.25) is 0 Å². The maximum Gasteiger partial charge on any atom is 0.0567 e. The summed E-state index contributed by atoms with van der Waals surface area (Å²) in [5.41, 5.74) is 29.2. The average Bonchev–Trinajstić information content (AvgIpc) is 3.13. The van der Waals surface area contributed by atoms with Crippen molar-refractivity contribution in [3.8, 4) is 22.3 Å². The van der Waals surface area contributed by atoms with Crippen LogP contribution in [0, 0.1) is 0 Å². The summed E-state index contributed by atoms with van der Waals surface area (Å²) >= 11 is 0. The van der Waals surface area contributed by atoms with Gasteiger partial charge in [-0.1, -0.05) is 116 Å². The zero-order valence-corrected chi connectivity index (χ0v) is 27.1. The van der Waals surface area contributed by atoms with Crippen LogP contribution in [0.2, 0.25) is 0 Å². The quantitative estimate of drug-likeness (QED) is 0.129. The maximum absolute atomic E-state index is 5.81. The van der Waals surface area contributed by atoms with Crippen LogP contribution in [0.5, 0.6) is 0 Å². The highest BCUT2D eigenvalue weighted by Gasteiger charge is 2.16. The summed E-state index contributed by atoms with van der Waals surface area (Å²) in [5.74, 6) is 0. The molecule has 234 valence electrons. The number of benzene rings is 5. The lowest BCUT2D eigenvalue weighted by Gasteiger charge is -2.25. The van der Waals surface area contributed by atoms with Crippen LogP contribution in [0.15, 0.2) is 176 Å². The van der Waals surface area contributed by atoms with Crippen molar-refractivity contribution in [2.24, 2.45) is 17.2 Å². The van der Waals surface area contributed by atoms with Crippen LogP contribution in [-0.2, 0) is 6.42 Å². The molecule has 5 aromatic carbocycles. The Morgan fingerprint density at radius 3 is 2.17 bits per heavy atom. The zero-order chi connectivity index (χ0) is 33.2. The molecule has 0 fully saturated rings. The summed E-state index contributed by atoms with van der Waals surface area (Å²) in [6.45, 7) is 5.91. The first-order valence-electron chi connectivity index (χ1n) is 15.7. The highest BCUT2D eigenvalue weighted by molar-refractivity contribution is 6.05. The van der Waals surface area contributed by atoms with Crippen LogP contribution in [0.1, 0.15) is 18.1 Å². The van der Waals surface area contributed by atoms with Crippen molar-refractivity contribution < 1.29 is 0 Å². The van der Waals surface area contributed by atoms with Gasteiger partial charge in [0.05, 0.1) is 5.69 Å². The lowest BCUT2D eigenvalue weighted by Crippen LogP contribution is -2.11. The van der Waals surface area contributed by atoms with Gasteiger partial charge in [-0.25, -0.2) is 0 Å². The predicted molar refractivity (Wildman–Crippen MR) is 204 cm³/mol. The highest BCUT2D eigenvalue weighted by Crippen LogP contribution is 2.41. The lowest BCUT2D eigenvalue weighted by molar-refractivity contribution is 1.22. The molecule has 0 saturated heterocycles. The van der Waals surface area contributed by atoms with Crippen molar-refractivity contribution >= 4 is 27.7 Å². The first kappa shape index (κ1) is 32.4. The number of hydrogen-bond donors (Lipinski definition) is 3. The maximum atomic E-state index is 5.81. The number of para-hydroxylation sites is 1. The molecular formula is C43H42N4. The second-order valence-corrected chi connectivity index (χ2v) is 11.4. The van der Waals surface area contributed by atoms with Gasteiger partial charge in [-0.3, -0.25) is 0 Å². The molecule has 0 aliphatic rings. The number of nitrogens with two attached hydrogens (primary N) is 3. The van der Waals surface area contributed by atoms with E-state index in [4.69, 9.17) is 17.2 Å². The molecule has 5 rings (SSSR count). The average molecular weight is 615 g/mol. The molecule has 0 aliphatic carbocycles. The monoisotopic (exact) mass is 614 g/mol. The third kappa shape index (κ3) is 7.46. The third-order valence-electron chi connectivity index (χ3n) is 8.41. The minimum atomic E-state index is 0.768. The SMILES string of the molecule is C=CC(=C\N)/C(/C=C\Cc1ccc(-c2ccc3cc(-c4cccc(/C(C)=C/C=C\N)c4)ccc3c2N(C)c2ccccc2)cc1)=C/N. The molecule has 0 heterocycles. The van der Waals surface area contributed by atoms with Gasteiger partial charge < -0.3 is 22.1 Å². The normalized spacial score (nSPS) is 12.7. The summed E-state index contributed by atoms with van der Waals surface area (Å²) in [6, 6.07) is 39.2. The molecule has 6 N–H and O–H groups in total. The van der Waals surface area contributed by atoms with Gasteiger partial charge in [0, 0.05) is 36.1 Å². The Hall–Kier alpha value is -6.00. The third-order valence-corrected chi connectivity index (χ3v) is 8.41. The lowest BCUT2D eigenvalue weighted by atomic mass is 9.93. The second kappa shape index (κ2) is 15.3. The summed E-state index contributed by atoms with van der Waals surface area (Å²) < 4.78 is 0. The molecule has 0 aromatic heterocycles. The van der Waals surface area contributed by atoms with Crippen LogP contribution in [0.4, 0.5) is 11.4 Å². The Bertz CT molecular complexity index is 2010. The van der Waals surface area contributed by atoms with Crippen LogP contribution in [-0.4, -0.2) is 7.05 Å². The van der Waals surface area contributed by atoms with Crippen molar-refractivity contribution in [1.29, 1.82) is 0 Å². The van der Waals surface area contributed by atoms with E-state index < -0.39 is 0 Å². The molecule has 0 radical (unpaired) electrons. The van der Waals surface area contributed by atoms with E-state index in [-0.39, 0.29) is 0 Å². The fourth-order valence-electron chi connectivity index (χ4n) is 5.78. The van der Waals surface area contributed by atoms with Gasteiger partial charge in [0.15, 0.2) is 0 Å². The Balaban J connectivity index is 1.52. The van der Waals surface area contributed by atoms with Crippen LogP contribution in [0.25, 0.3) is 38.6 Å². The number of allylic oxidation sites excluding steroid dienone is 8. The molecule has 4 nitrogen and oxygen atoms in total. The van der Waals surface area contributed by atoms with E-state index in [9.17, 15) is 0 Å². The largest absolute Gasteiger partial charge is 0.405 e. The van der Waals surface area contributed by atoms with E-state index in [1.165, 1.54) is 44.8 Å². The van der Waals surface area contributed by atoms with Crippen molar-refractivity contribution in [1.82, 2.24) is 0 Å². The minimum Gasteiger partial charge on any atom is -0.405 e.